The van der Waals surface area contributed by atoms with Gasteiger partial charge in [0.2, 0.25) is 5.91 Å². The summed E-state index contributed by atoms with van der Waals surface area (Å²) in [6.07, 6.45) is 2.10. The Kier molecular flexibility index (Phi) is 3.77. The monoisotopic (exact) mass is 173 g/mol. The highest BCUT2D eigenvalue weighted by atomic mass is 32.2. The highest BCUT2D eigenvalue weighted by molar-refractivity contribution is 7.99. The molecular formula is C8H15NOS. The molecule has 0 aromatic carbocycles. The summed E-state index contributed by atoms with van der Waals surface area (Å²) in [6, 6.07) is 0. The molecule has 1 atom stereocenters. The van der Waals surface area contributed by atoms with E-state index >= 15 is 0 Å². The van der Waals surface area contributed by atoms with Crippen LogP contribution in [0, 0.1) is 5.92 Å². The van der Waals surface area contributed by atoms with Gasteiger partial charge >= 0.3 is 0 Å². The summed E-state index contributed by atoms with van der Waals surface area (Å²) in [5, 5.41) is 2.92. The number of hydrogen-bond acceptors (Lipinski definition) is 2. The van der Waals surface area contributed by atoms with Crippen molar-refractivity contribution in [1.29, 1.82) is 0 Å². The van der Waals surface area contributed by atoms with Crippen LogP contribution in [0.2, 0.25) is 0 Å². The van der Waals surface area contributed by atoms with Gasteiger partial charge in [0.15, 0.2) is 0 Å². The molecule has 1 unspecified atom stereocenters. The molecule has 1 N–H and O–H groups in total. The molecule has 1 aliphatic heterocycles. The molecule has 1 aliphatic rings. The molecule has 0 aromatic heterocycles. The Bertz CT molecular complexity index is 132. The zero-order valence-electron chi connectivity index (χ0n) is 6.93. The molecule has 3 heteroatoms. The lowest BCUT2D eigenvalue weighted by atomic mass is 10.1. The SMILES string of the molecule is CCCNC(=O)C1CCSC1. The molecule has 1 heterocycles. The summed E-state index contributed by atoms with van der Waals surface area (Å²) >= 11 is 1.88. The zero-order chi connectivity index (χ0) is 8.10. The second kappa shape index (κ2) is 4.65. The van der Waals surface area contributed by atoms with Crippen LogP contribution < -0.4 is 5.32 Å². The molecule has 11 heavy (non-hydrogen) atoms. The van der Waals surface area contributed by atoms with E-state index in [1.165, 1.54) is 0 Å². The smallest absolute Gasteiger partial charge is 0.223 e. The maximum atomic E-state index is 11.3. The van der Waals surface area contributed by atoms with Crippen molar-refractivity contribution in [1.82, 2.24) is 5.32 Å². The number of amides is 1. The largest absolute Gasteiger partial charge is 0.356 e. The molecule has 0 aliphatic carbocycles. The van der Waals surface area contributed by atoms with Gasteiger partial charge in [0.05, 0.1) is 0 Å². The summed E-state index contributed by atoms with van der Waals surface area (Å²) in [5.74, 6) is 2.74. The lowest BCUT2D eigenvalue weighted by molar-refractivity contribution is -0.124. The van der Waals surface area contributed by atoms with Crippen molar-refractivity contribution in [3.05, 3.63) is 0 Å². The fourth-order valence-corrected chi connectivity index (χ4v) is 2.35. The van der Waals surface area contributed by atoms with E-state index in [0.717, 1.165) is 30.9 Å². The summed E-state index contributed by atoms with van der Waals surface area (Å²) in [4.78, 5) is 11.3. The normalized spacial score (nSPS) is 23.5. The van der Waals surface area contributed by atoms with Crippen LogP contribution in [0.15, 0.2) is 0 Å². The molecule has 0 spiro atoms. The number of carbonyl (C=O) groups is 1. The Morgan fingerprint density at radius 1 is 1.73 bits per heavy atom. The van der Waals surface area contributed by atoms with E-state index in [9.17, 15) is 4.79 Å². The Labute approximate surface area is 72.1 Å². The van der Waals surface area contributed by atoms with E-state index in [4.69, 9.17) is 0 Å². The molecule has 1 rings (SSSR count). The number of thioether (sulfide) groups is 1. The third-order valence-electron chi connectivity index (χ3n) is 1.85. The third kappa shape index (κ3) is 2.73. The minimum absolute atomic E-state index is 0.261. The van der Waals surface area contributed by atoms with Gasteiger partial charge < -0.3 is 5.32 Å². The standard InChI is InChI=1S/C8H15NOS/c1-2-4-9-8(10)7-3-5-11-6-7/h7H,2-6H2,1H3,(H,9,10). The second-order valence-corrected chi connectivity index (χ2v) is 4.00. The van der Waals surface area contributed by atoms with Crippen molar-refractivity contribution < 1.29 is 4.79 Å². The van der Waals surface area contributed by atoms with E-state index in [2.05, 4.69) is 12.2 Å². The van der Waals surface area contributed by atoms with Crippen molar-refractivity contribution in [3.8, 4) is 0 Å². The van der Waals surface area contributed by atoms with Crippen molar-refractivity contribution >= 4 is 17.7 Å². The molecule has 1 fully saturated rings. The van der Waals surface area contributed by atoms with Crippen LogP contribution in [0.5, 0.6) is 0 Å². The van der Waals surface area contributed by atoms with Gasteiger partial charge in [0.25, 0.3) is 0 Å². The van der Waals surface area contributed by atoms with Gasteiger partial charge in [-0.2, -0.15) is 11.8 Å². The topological polar surface area (TPSA) is 29.1 Å². The molecule has 64 valence electrons. The van der Waals surface area contributed by atoms with Gasteiger partial charge in [-0.25, -0.2) is 0 Å². The summed E-state index contributed by atoms with van der Waals surface area (Å²) in [5.41, 5.74) is 0. The first-order valence-electron chi connectivity index (χ1n) is 4.20. The molecule has 2 nitrogen and oxygen atoms in total. The van der Waals surface area contributed by atoms with Crippen LogP contribution >= 0.6 is 11.8 Å². The lowest BCUT2D eigenvalue weighted by Gasteiger charge is -2.07. The van der Waals surface area contributed by atoms with Gasteiger partial charge in [-0.3, -0.25) is 4.79 Å². The molecular weight excluding hydrogens is 158 g/mol. The average molecular weight is 173 g/mol. The van der Waals surface area contributed by atoms with Gasteiger partial charge in [0, 0.05) is 18.2 Å². The van der Waals surface area contributed by atoms with Crippen LogP contribution in [-0.2, 0) is 4.79 Å². The van der Waals surface area contributed by atoms with Gasteiger partial charge in [-0.15, -0.1) is 0 Å². The maximum Gasteiger partial charge on any atom is 0.223 e. The molecule has 0 radical (unpaired) electrons. The minimum atomic E-state index is 0.261. The van der Waals surface area contributed by atoms with Crippen LogP contribution in [0.1, 0.15) is 19.8 Å². The fraction of sp³-hybridized carbons (Fsp3) is 0.875. The molecule has 1 saturated heterocycles. The van der Waals surface area contributed by atoms with Crippen molar-refractivity contribution in [2.24, 2.45) is 5.92 Å². The Morgan fingerprint density at radius 3 is 3.09 bits per heavy atom. The third-order valence-corrected chi connectivity index (χ3v) is 3.01. The zero-order valence-corrected chi connectivity index (χ0v) is 7.75. The summed E-state index contributed by atoms with van der Waals surface area (Å²) < 4.78 is 0. The predicted molar refractivity (Wildman–Crippen MR) is 48.7 cm³/mol. The quantitative estimate of drug-likeness (QED) is 0.696. The van der Waals surface area contributed by atoms with Crippen molar-refractivity contribution in [3.63, 3.8) is 0 Å². The van der Waals surface area contributed by atoms with Gasteiger partial charge in [-0.05, 0) is 18.6 Å². The van der Waals surface area contributed by atoms with Crippen LogP contribution in [0.25, 0.3) is 0 Å². The molecule has 1 amide bonds. The molecule has 0 bridgehead atoms. The number of carbonyl (C=O) groups excluding carboxylic acids is 1. The first-order chi connectivity index (χ1) is 5.34. The number of rotatable bonds is 3. The summed E-state index contributed by atoms with van der Waals surface area (Å²) in [7, 11) is 0. The van der Waals surface area contributed by atoms with Crippen LogP contribution in [-0.4, -0.2) is 24.0 Å². The van der Waals surface area contributed by atoms with Crippen molar-refractivity contribution in [2.75, 3.05) is 18.1 Å². The van der Waals surface area contributed by atoms with E-state index < -0.39 is 0 Å². The van der Waals surface area contributed by atoms with E-state index in [-0.39, 0.29) is 5.91 Å². The highest BCUT2D eigenvalue weighted by Gasteiger charge is 2.22. The van der Waals surface area contributed by atoms with Crippen LogP contribution in [0.4, 0.5) is 0 Å². The maximum absolute atomic E-state index is 11.3. The number of nitrogens with one attached hydrogen (secondary N) is 1. The fourth-order valence-electron chi connectivity index (χ4n) is 1.13. The molecule has 0 saturated carbocycles. The van der Waals surface area contributed by atoms with Crippen LogP contribution in [0.3, 0.4) is 0 Å². The average Bonchev–Trinajstić information content (AvgIpc) is 2.52. The first-order valence-corrected chi connectivity index (χ1v) is 5.35. The Morgan fingerprint density at radius 2 is 2.55 bits per heavy atom. The predicted octanol–water partition coefficient (Wildman–Crippen LogP) is 1.27. The second-order valence-electron chi connectivity index (χ2n) is 2.85. The Hall–Kier alpha value is -0.180. The van der Waals surface area contributed by atoms with E-state index in [0.29, 0.717) is 5.92 Å². The van der Waals surface area contributed by atoms with Gasteiger partial charge in [0.1, 0.15) is 0 Å². The Balaban J connectivity index is 2.17. The first kappa shape index (κ1) is 8.91. The minimum Gasteiger partial charge on any atom is -0.356 e. The summed E-state index contributed by atoms with van der Waals surface area (Å²) in [6.45, 7) is 2.91. The highest BCUT2D eigenvalue weighted by Crippen LogP contribution is 2.23. The lowest BCUT2D eigenvalue weighted by Crippen LogP contribution is -2.31. The van der Waals surface area contributed by atoms with E-state index in [1.54, 1.807) is 0 Å². The van der Waals surface area contributed by atoms with Crippen molar-refractivity contribution in [2.45, 2.75) is 19.8 Å². The number of hydrogen-bond donors (Lipinski definition) is 1. The molecule has 0 aromatic rings. The van der Waals surface area contributed by atoms with E-state index in [1.807, 2.05) is 11.8 Å². The van der Waals surface area contributed by atoms with Gasteiger partial charge in [-0.1, -0.05) is 6.92 Å².